The first kappa shape index (κ1) is 17.7. The molecule has 0 heterocycles. The van der Waals surface area contributed by atoms with Crippen LogP contribution < -0.4 is 0 Å². The Labute approximate surface area is 114 Å². The zero-order valence-corrected chi connectivity index (χ0v) is 12.2. The number of aliphatic hydroxyl groups excluding tert-OH is 2. The van der Waals surface area contributed by atoms with Crippen molar-refractivity contribution in [3.63, 3.8) is 0 Å². The van der Waals surface area contributed by atoms with Gasteiger partial charge in [0.15, 0.2) is 0 Å². The van der Waals surface area contributed by atoms with Crippen LogP contribution in [0.2, 0.25) is 0 Å². The van der Waals surface area contributed by atoms with Crippen molar-refractivity contribution >= 4 is 11.8 Å². The third kappa shape index (κ3) is 7.22. The van der Waals surface area contributed by atoms with E-state index in [9.17, 15) is 10.2 Å². The van der Waals surface area contributed by atoms with E-state index in [2.05, 4.69) is 6.07 Å². The minimum atomic E-state index is -0.498. The Balaban J connectivity index is 3.53. The SMILES string of the molecule is CCC(CO)(CO)COCCCSCC(C)C#N. The van der Waals surface area contributed by atoms with Crippen LogP contribution in [0.5, 0.6) is 0 Å². The van der Waals surface area contributed by atoms with Crippen molar-refractivity contribution in [2.24, 2.45) is 11.3 Å². The molecule has 106 valence electrons. The van der Waals surface area contributed by atoms with Crippen molar-refractivity contribution in [1.82, 2.24) is 0 Å². The number of ether oxygens (including phenoxy) is 1. The first-order valence-corrected chi connectivity index (χ1v) is 7.56. The Morgan fingerprint density at radius 1 is 1.39 bits per heavy atom. The van der Waals surface area contributed by atoms with Gasteiger partial charge >= 0.3 is 0 Å². The minimum Gasteiger partial charge on any atom is -0.396 e. The third-order valence-corrected chi connectivity index (χ3v) is 4.31. The Morgan fingerprint density at radius 3 is 2.56 bits per heavy atom. The summed E-state index contributed by atoms with van der Waals surface area (Å²) < 4.78 is 5.51. The van der Waals surface area contributed by atoms with Crippen LogP contribution in [-0.2, 0) is 4.74 Å². The maximum absolute atomic E-state index is 9.23. The van der Waals surface area contributed by atoms with Gasteiger partial charge in [-0.3, -0.25) is 0 Å². The van der Waals surface area contributed by atoms with Gasteiger partial charge in [-0.2, -0.15) is 17.0 Å². The van der Waals surface area contributed by atoms with Crippen molar-refractivity contribution in [3.8, 4) is 6.07 Å². The summed E-state index contributed by atoms with van der Waals surface area (Å²) in [6.45, 7) is 4.80. The number of thioether (sulfide) groups is 1. The summed E-state index contributed by atoms with van der Waals surface area (Å²) in [6.07, 6.45) is 1.63. The highest BCUT2D eigenvalue weighted by Gasteiger charge is 2.26. The topological polar surface area (TPSA) is 73.5 Å². The molecule has 1 unspecified atom stereocenters. The Bertz CT molecular complexity index is 231. The summed E-state index contributed by atoms with van der Waals surface area (Å²) in [7, 11) is 0. The van der Waals surface area contributed by atoms with Crippen molar-refractivity contribution in [1.29, 1.82) is 5.26 Å². The maximum Gasteiger partial charge on any atom is 0.0661 e. The van der Waals surface area contributed by atoms with E-state index in [0.29, 0.717) is 19.6 Å². The van der Waals surface area contributed by atoms with Gasteiger partial charge in [0, 0.05) is 17.8 Å². The molecule has 0 aliphatic carbocycles. The van der Waals surface area contributed by atoms with E-state index in [1.54, 1.807) is 11.8 Å². The largest absolute Gasteiger partial charge is 0.396 e. The lowest BCUT2D eigenvalue weighted by molar-refractivity contribution is -0.0295. The molecule has 0 saturated heterocycles. The molecule has 2 N–H and O–H groups in total. The van der Waals surface area contributed by atoms with Gasteiger partial charge in [-0.25, -0.2) is 0 Å². The summed E-state index contributed by atoms with van der Waals surface area (Å²) in [5, 5.41) is 27.1. The van der Waals surface area contributed by atoms with Crippen LogP contribution >= 0.6 is 11.8 Å². The zero-order valence-electron chi connectivity index (χ0n) is 11.4. The number of hydrogen-bond donors (Lipinski definition) is 2. The smallest absolute Gasteiger partial charge is 0.0661 e. The van der Waals surface area contributed by atoms with E-state index < -0.39 is 5.41 Å². The molecule has 0 amide bonds. The molecule has 0 aromatic carbocycles. The molecular weight excluding hydrogens is 250 g/mol. The van der Waals surface area contributed by atoms with E-state index in [0.717, 1.165) is 17.9 Å². The van der Waals surface area contributed by atoms with Crippen LogP contribution in [-0.4, -0.2) is 48.1 Å². The van der Waals surface area contributed by atoms with Gasteiger partial charge in [0.1, 0.15) is 0 Å². The Hall–Kier alpha value is -0.280. The zero-order chi connectivity index (χ0) is 13.9. The predicted molar refractivity (Wildman–Crippen MR) is 74.4 cm³/mol. The fourth-order valence-corrected chi connectivity index (χ4v) is 2.23. The van der Waals surface area contributed by atoms with E-state index in [-0.39, 0.29) is 19.1 Å². The fourth-order valence-electron chi connectivity index (χ4n) is 1.32. The van der Waals surface area contributed by atoms with Crippen LogP contribution in [0.3, 0.4) is 0 Å². The predicted octanol–water partition coefficient (Wildman–Crippen LogP) is 1.67. The second kappa shape index (κ2) is 10.6. The molecule has 4 nitrogen and oxygen atoms in total. The van der Waals surface area contributed by atoms with Crippen LogP contribution in [0.4, 0.5) is 0 Å². The standard InChI is InChI=1S/C13H25NO3S/c1-3-13(9-15,10-16)11-17-5-4-6-18-8-12(2)7-14/h12,15-16H,3-6,8-11H2,1-2H3. The summed E-state index contributed by atoms with van der Waals surface area (Å²) in [5.41, 5.74) is -0.498. The lowest BCUT2D eigenvalue weighted by atomic mass is 9.88. The third-order valence-electron chi connectivity index (χ3n) is 2.99. The highest BCUT2D eigenvalue weighted by molar-refractivity contribution is 7.99. The first-order valence-electron chi connectivity index (χ1n) is 6.41. The normalized spacial score (nSPS) is 13.3. The molecule has 5 heteroatoms. The molecular formula is C13H25NO3S. The molecule has 18 heavy (non-hydrogen) atoms. The number of hydrogen-bond acceptors (Lipinski definition) is 5. The lowest BCUT2D eigenvalue weighted by Crippen LogP contribution is -2.34. The van der Waals surface area contributed by atoms with Gasteiger partial charge in [-0.15, -0.1) is 0 Å². The summed E-state index contributed by atoms with van der Waals surface area (Å²) >= 11 is 1.76. The first-order chi connectivity index (χ1) is 8.64. The second-order valence-electron chi connectivity index (χ2n) is 4.68. The molecule has 0 radical (unpaired) electrons. The average molecular weight is 275 g/mol. The monoisotopic (exact) mass is 275 g/mol. The van der Waals surface area contributed by atoms with Crippen molar-refractivity contribution in [2.75, 3.05) is 37.9 Å². The number of rotatable bonds is 11. The molecule has 0 fully saturated rings. The summed E-state index contributed by atoms with van der Waals surface area (Å²) in [5.74, 6) is 1.94. The fraction of sp³-hybridized carbons (Fsp3) is 0.923. The molecule has 0 aromatic heterocycles. The van der Waals surface area contributed by atoms with Gasteiger partial charge in [-0.1, -0.05) is 6.92 Å². The quantitative estimate of drug-likeness (QED) is 0.561. The number of nitriles is 1. The molecule has 0 rings (SSSR count). The highest BCUT2D eigenvalue weighted by atomic mass is 32.2. The molecule has 0 aromatic rings. The Morgan fingerprint density at radius 2 is 2.06 bits per heavy atom. The number of aliphatic hydroxyl groups is 2. The summed E-state index contributed by atoms with van der Waals surface area (Å²) in [6, 6.07) is 2.20. The molecule has 1 atom stereocenters. The van der Waals surface area contributed by atoms with Crippen molar-refractivity contribution in [3.05, 3.63) is 0 Å². The van der Waals surface area contributed by atoms with E-state index >= 15 is 0 Å². The minimum absolute atomic E-state index is 0.0472. The second-order valence-corrected chi connectivity index (χ2v) is 5.83. The number of nitrogens with zero attached hydrogens (tertiary/aromatic N) is 1. The molecule has 0 bridgehead atoms. The average Bonchev–Trinajstić information content (AvgIpc) is 2.42. The van der Waals surface area contributed by atoms with E-state index in [4.69, 9.17) is 10.00 Å². The van der Waals surface area contributed by atoms with Crippen LogP contribution in [0.25, 0.3) is 0 Å². The van der Waals surface area contributed by atoms with Gasteiger partial charge in [-0.05, 0) is 25.5 Å². The van der Waals surface area contributed by atoms with Crippen LogP contribution in [0, 0.1) is 22.7 Å². The van der Waals surface area contributed by atoms with Crippen molar-refractivity contribution in [2.45, 2.75) is 26.7 Å². The summed E-state index contributed by atoms with van der Waals surface area (Å²) in [4.78, 5) is 0. The van der Waals surface area contributed by atoms with E-state index in [1.165, 1.54) is 0 Å². The van der Waals surface area contributed by atoms with Gasteiger partial charge in [0.05, 0.1) is 31.8 Å². The molecule has 0 spiro atoms. The van der Waals surface area contributed by atoms with Gasteiger partial charge < -0.3 is 14.9 Å². The van der Waals surface area contributed by atoms with Crippen molar-refractivity contribution < 1.29 is 14.9 Å². The highest BCUT2D eigenvalue weighted by Crippen LogP contribution is 2.20. The van der Waals surface area contributed by atoms with Gasteiger partial charge in [0.2, 0.25) is 0 Å². The van der Waals surface area contributed by atoms with Gasteiger partial charge in [0.25, 0.3) is 0 Å². The van der Waals surface area contributed by atoms with E-state index in [1.807, 2.05) is 13.8 Å². The molecule has 0 aliphatic rings. The van der Waals surface area contributed by atoms with Crippen LogP contribution in [0.15, 0.2) is 0 Å². The Kier molecular flexibility index (Phi) is 10.5. The lowest BCUT2D eigenvalue weighted by Gasteiger charge is -2.27. The molecule has 0 saturated carbocycles. The van der Waals surface area contributed by atoms with Crippen LogP contribution in [0.1, 0.15) is 26.7 Å². The maximum atomic E-state index is 9.23. The molecule has 0 aliphatic heterocycles.